The molecule has 34 heavy (non-hydrogen) atoms. The van der Waals surface area contributed by atoms with E-state index in [4.69, 9.17) is 4.74 Å². The fraction of sp³-hybridized carbons (Fsp3) is 0.286. The quantitative estimate of drug-likeness (QED) is 0.528. The molecule has 6 heteroatoms. The lowest BCUT2D eigenvalue weighted by Crippen LogP contribution is -2.49. The number of hydrogen-bond donors (Lipinski definition) is 1. The number of anilines is 2. The van der Waals surface area contributed by atoms with Gasteiger partial charge in [-0.05, 0) is 47.9 Å². The van der Waals surface area contributed by atoms with Crippen LogP contribution >= 0.6 is 0 Å². The molecule has 1 atom stereocenters. The molecule has 0 aromatic heterocycles. The number of methoxy groups -OCH3 is 1. The van der Waals surface area contributed by atoms with Gasteiger partial charge in [-0.3, -0.25) is 9.69 Å². The summed E-state index contributed by atoms with van der Waals surface area (Å²) in [6, 6.07) is 25.0. The Morgan fingerprint density at radius 3 is 2.18 bits per heavy atom. The number of piperazine rings is 1. The van der Waals surface area contributed by atoms with Crippen molar-refractivity contribution in [3.63, 3.8) is 0 Å². The SMILES string of the molecule is CCc1ccccc1C(=O)Nc1ccc(N2CCN(C(C(=O)OC)c3ccccc3)CC2)cc1. The average molecular weight is 458 g/mol. The van der Waals surface area contributed by atoms with Crippen LogP contribution in [0.5, 0.6) is 0 Å². The van der Waals surface area contributed by atoms with E-state index in [0.29, 0.717) is 5.56 Å². The molecule has 1 unspecified atom stereocenters. The van der Waals surface area contributed by atoms with Gasteiger partial charge in [-0.2, -0.15) is 0 Å². The first kappa shape index (κ1) is 23.5. The molecule has 1 saturated heterocycles. The van der Waals surface area contributed by atoms with Gasteiger partial charge < -0.3 is 15.0 Å². The molecule has 176 valence electrons. The summed E-state index contributed by atoms with van der Waals surface area (Å²) >= 11 is 0. The van der Waals surface area contributed by atoms with Crippen LogP contribution in [0.15, 0.2) is 78.9 Å². The molecule has 1 heterocycles. The summed E-state index contributed by atoms with van der Waals surface area (Å²) in [5.74, 6) is -0.321. The lowest BCUT2D eigenvalue weighted by Gasteiger charge is -2.39. The van der Waals surface area contributed by atoms with Crippen molar-refractivity contribution in [1.29, 1.82) is 0 Å². The Bertz CT molecular complexity index is 1110. The van der Waals surface area contributed by atoms with Crippen LogP contribution in [0.2, 0.25) is 0 Å². The maximum atomic E-state index is 12.7. The van der Waals surface area contributed by atoms with E-state index in [2.05, 4.69) is 15.1 Å². The van der Waals surface area contributed by atoms with E-state index in [1.54, 1.807) is 0 Å². The molecule has 1 fully saturated rings. The standard InChI is InChI=1S/C28H31N3O3/c1-3-21-9-7-8-12-25(21)27(32)29-23-13-15-24(16-14-23)30-17-19-31(20-18-30)26(28(33)34-2)22-10-5-4-6-11-22/h4-16,26H,3,17-20H2,1-2H3,(H,29,32). The van der Waals surface area contributed by atoms with Crippen molar-refractivity contribution in [3.05, 3.63) is 95.6 Å². The van der Waals surface area contributed by atoms with Crippen LogP contribution in [0, 0.1) is 0 Å². The number of esters is 1. The number of hydrogen-bond acceptors (Lipinski definition) is 5. The predicted molar refractivity (Wildman–Crippen MR) is 135 cm³/mol. The number of amides is 1. The highest BCUT2D eigenvalue weighted by Gasteiger charge is 2.31. The van der Waals surface area contributed by atoms with Gasteiger partial charge in [0.05, 0.1) is 7.11 Å². The number of ether oxygens (including phenoxy) is 1. The van der Waals surface area contributed by atoms with Crippen molar-refractivity contribution >= 4 is 23.3 Å². The second-order valence-electron chi connectivity index (χ2n) is 8.37. The molecule has 3 aromatic carbocycles. The van der Waals surface area contributed by atoms with Crippen LogP contribution in [-0.4, -0.2) is 50.1 Å². The van der Waals surface area contributed by atoms with Gasteiger partial charge in [0.1, 0.15) is 6.04 Å². The van der Waals surface area contributed by atoms with Crippen LogP contribution in [0.25, 0.3) is 0 Å². The number of aryl methyl sites for hydroxylation is 1. The number of carbonyl (C=O) groups is 2. The Labute approximate surface area is 201 Å². The number of benzene rings is 3. The Kier molecular flexibility index (Phi) is 7.60. The van der Waals surface area contributed by atoms with E-state index in [9.17, 15) is 9.59 Å². The summed E-state index contributed by atoms with van der Waals surface area (Å²) in [5.41, 5.74) is 4.57. The van der Waals surface area contributed by atoms with Gasteiger partial charge in [0.15, 0.2) is 0 Å². The summed E-state index contributed by atoms with van der Waals surface area (Å²) in [6.45, 7) is 5.15. The smallest absolute Gasteiger partial charge is 0.327 e. The molecule has 0 saturated carbocycles. The lowest BCUT2D eigenvalue weighted by atomic mass is 10.0. The predicted octanol–water partition coefficient (Wildman–Crippen LogP) is 4.54. The maximum absolute atomic E-state index is 12.7. The molecule has 1 amide bonds. The van der Waals surface area contributed by atoms with E-state index in [1.165, 1.54) is 7.11 Å². The third kappa shape index (κ3) is 5.29. The van der Waals surface area contributed by atoms with E-state index in [1.807, 2.05) is 85.8 Å². The fourth-order valence-electron chi connectivity index (χ4n) is 4.49. The van der Waals surface area contributed by atoms with Crippen LogP contribution in [0.3, 0.4) is 0 Å². The van der Waals surface area contributed by atoms with Crippen molar-refractivity contribution in [2.24, 2.45) is 0 Å². The van der Waals surface area contributed by atoms with Crippen LogP contribution in [0.4, 0.5) is 11.4 Å². The molecule has 0 aliphatic carbocycles. The van der Waals surface area contributed by atoms with Gasteiger partial charge in [-0.15, -0.1) is 0 Å². The Morgan fingerprint density at radius 2 is 1.53 bits per heavy atom. The minimum Gasteiger partial charge on any atom is -0.468 e. The summed E-state index contributed by atoms with van der Waals surface area (Å²) < 4.78 is 5.09. The van der Waals surface area contributed by atoms with Crippen molar-refractivity contribution in [3.8, 4) is 0 Å². The highest BCUT2D eigenvalue weighted by atomic mass is 16.5. The summed E-state index contributed by atoms with van der Waals surface area (Å²) in [6.07, 6.45) is 0.815. The number of nitrogens with zero attached hydrogens (tertiary/aromatic N) is 2. The molecule has 1 N–H and O–H groups in total. The first-order chi connectivity index (χ1) is 16.6. The van der Waals surface area contributed by atoms with Crippen LogP contribution < -0.4 is 10.2 Å². The highest BCUT2D eigenvalue weighted by Crippen LogP contribution is 2.26. The second-order valence-corrected chi connectivity index (χ2v) is 8.37. The lowest BCUT2D eigenvalue weighted by molar-refractivity contribution is -0.147. The van der Waals surface area contributed by atoms with Crippen molar-refractivity contribution in [2.75, 3.05) is 43.5 Å². The van der Waals surface area contributed by atoms with Crippen molar-refractivity contribution in [1.82, 2.24) is 4.90 Å². The van der Waals surface area contributed by atoms with E-state index < -0.39 is 6.04 Å². The molecule has 0 spiro atoms. The fourth-order valence-corrected chi connectivity index (χ4v) is 4.49. The summed E-state index contributed by atoms with van der Waals surface area (Å²) in [7, 11) is 1.44. The Morgan fingerprint density at radius 1 is 0.882 bits per heavy atom. The zero-order chi connectivity index (χ0) is 23.9. The molecule has 0 radical (unpaired) electrons. The van der Waals surface area contributed by atoms with Gasteiger partial charge in [-0.1, -0.05) is 55.5 Å². The maximum Gasteiger partial charge on any atom is 0.327 e. The van der Waals surface area contributed by atoms with Gasteiger partial charge in [0.2, 0.25) is 0 Å². The second kappa shape index (κ2) is 11.0. The highest BCUT2D eigenvalue weighted by molar-refractivity contribution is 6.05. The van der Waals surface area contributed by atoms with E-state index in [-0.39, 0.29) is 11.9 Å². The molecule has 1 aliphatic heterocycles. The van der Waals surface area contributed by atoms with E-state index >= 15 is 0 Å². The molecular weight excluding hydrogens is 426 g/mol. The largest absolute Gasteiger partial charge is 0.468 e. The minimum atomic E-state index is -0.392. The summed E-state index contributed by atoms with van der Waals surface area (Å²) in [5, 5.41) is 3.01. The Balaban J connectivity index is 1.38. The number of carbonyl (C=O) groups excluding carboxylic acids is 2. The van der Waals surface area contributed by atoms with Crippen LogP contribution in [-0.2, 0) is 16.0 Å². The Hall–Kier alpha value is -3.64. The molecule has 4 rings (SSSR count). The molecule has 3 aromatic rings. The monoisotopic (exact) mass is 457 g/mol. The number of nitrogens with one attached hydrogen (secondary N) is 1. The molecule has 6 nitrogen and oxygen atoms in total. The third-order valence-corrected chi connectivity index (χ3v) is 6.35. The molecule has 0 bridgehead atoms. The van der Waals surface area contributed by atoms with Gasteiger partial charge in [0, 0.05) is 43.1 Å². The third-order valence-electron chi connectivity index (χ3n) is 6.35. The summed E-state index contributed by atoms with van der Waals surface area (Å²) in [4.78, 5) is 29.7. The topological polar surface area (TPSA) is 61.9 Å². The normalized spacial score (nSPS) is 14.9. The zero-order valence-corrected chi connectivity index (χ0v) is 19.7. The van der Waals surface area contributed by atoms with Crippen molar-refractivity contribution < 1.29 is 14.3 Å². The number of rotatable bonds is 7. The van der Waals surface area contributed by atoms with Crippen LogP contribution in [0.1, 0.15) is 34.5 Å². The molecule has 1 aliphatic rings. The average Bonchev–Trinajstić information content (AvgIpc) is 2.90. The molecular formula is C28H31N3O3. The van der Waals surface area contributed by atoms with Gasteiger partial charge in [0.25, 0.3) is 5.91 Å². The van der Waals surface area contributed by atoms with E-state index in [0.717, 1.165) is 55.1 Å². The zero-order valence-electron chi connectivity index (χ0n) is 19.7. The van der Waals surface area contributed by atoms with Gasteiger partial charge in [-0.25, -0.2) is 4.79 Å². The first-order valence-electron chi connectivity index (χ1n) is 11.7. The van der Waals surface area contributed by atoms with Gasteiger partial charge >= 0.3 is 5.97 Å². The minimum absolute atomic E-state index is 0.0893. The van der Waals surface area contributed by atoms with Crippen molar-refractivity contribution in [2.45, 2.75) is 19.4 Å². The first-order valence-corrected chi connectivity index (χ1v) is 11.7.